The van der Waals surface area contributed by atoms with Crippen molar-refractivity contribution in [2.45, 2.75) is 44.2 Å². The average Bonchev–Trinajstić information content (AvgIpc) is 3.42. The number of rotatable bonds is 8. The van der Waals surface area contributed by atoms with Gasteiger partial charge in [0.2, 0.25) is 27.6 Å². The molecule has 10 nitrogen and oxygen atoms in total. The molecule has 1 aromatic heterocycles. The van der Waals surface area contributed by atoms with Gasteiger partial charge in [-0.15, -0.1) is 0 Å². The number of hydrogen-bond donors (Lipinski definition) is 2. The molecule has 1 fully saturated rings. The summed E-state index contributed by atoms with van der Waals surface area (Å²) in [6.07, 6.45) is 0.941. The van der Waals surface area contributed by atoms with Gasteiger partial charge < -0.3 is 19.8 Å². The minimum atomic E-state index is -3.90. The lowest BCUT2D eigenvalue weighted by Crippen LogP contribution is -2.45. The number of sulfonamides is 1. The van der Waals surface area contributed by atoms with Gasteiger partial charge in [0, 0.05) is 19.2 Å². The van der Waals surface area contributed by atoms with Crippen LogP contribution in [0.15, 0.2) is 45.7 Å². The van der Waals surface area contributed by atoms with Crippen molar-refractivity contribution in [1.29, 1.82) is 0 Å². The third kappa shape index (κ3) is 5.35. The van der Waals surface area contributed by atoms with Crippen molar-refractivity contribution in [1.82, 2.24) is 9.62 Å². The van der Waals surface area contributed by atoms with Crippen LogP contribution in [0.4, 0.5) is 5.69 Å². The molecular formula is C21H25N3O7S. The molecular weight excluding hydrogens is 438 g/mol. The Hall–Kier alpha value is -3.18. The van der Waals surface area contributed by atoms with E-state index < -0.39 is 27.9 Å². The summed E-state index contributed by atoms with van der Waals surface area (Å²) >= 11 is 0. The Kier molecular flexibility index (Phi) is 7.31. The molecule has 2 heterocycles. The Balaban J connectivity index is 1.65. The molecule has 1 saturated heterocycles. The fourth-order valence-electron chi connectivity index (χ4n) is 3.42. The van der Waals surface area contributed by atoms with E-state index in [1.165, 1.54) is 41.6 Å². The quantitative estimate of drug-likeness (QED) is 0.571. The van der Waals surface area contributed by atoms with E-state index in [1.54, 1.807) is 13.0 Å². The van der Waals surface area contributed by atoms with Crippen LogP contribution in [0.1, 0.15) is 43.0 Å². The van der Waals surface area contributed by atoms with E-state index in [9.17, 15) is 22.8 Å². The van der Waals surface area contributed by atoms with Gasteiger partial charge in [0.25, 0.3) is 0 Å². The van der Waals surface area contributed by atoms with Crippen LogP contribution in [0.5, 0.6) is 0 Å². The predicted octanol–water partition coefficient (Wildman–Crippen LogP) is 1.88. The lowest BCUT2D eigenvalue weighted by atomic mass is 10.2. The molecule has 0 spiro atoms. The maximum absolute atomic E-state index is 13.1. The molecule has 3 rings (SSSR count). The van der Waals surface area contributed by atoms with Crippen LogP contribution < -0.4 is 10.6 Å². The van der Waals surface area contributed by atoms with Crippen molar-refractivity contribution in [3.63, 3.8) is 0 Å². The summed E-state index contributed by atoms with van der Waals surface area (Å²) in [7, 11) is -3.90. The summed E-state index contributed by atoms with van der Waals surface area (Å²) in [5, 5.41) is 5.25. The number of carbonyl (C=O) groups is 3. The van der Waals surface area contributed by atoms with E-state index in [2.05, 4.69) is 10.6 Å². The third-order valence-corrected chi connectivity index (χ3v) is 6.79. The lowest BCUT2D eigenvalue weighted by Gasteiger charge is -2.23. The first-order valence-electron chi connectivity index (χ1n) is 10.2. The van der Waals surface area contributed by atoms with E-state index in [-0.39, 0.29) is 36.3 Å². The second kappa shape index (κ2) is 9.96. The summed E-state index contributed by atoms with van der Waals surface area (Å²) in [5.41, 5.74) is 0.479. The van der Waals surface area contributed by atoms with Crippen molar-refractivity contribution in [3.05, 3.63) is 47.9 Å². The second-order valence-corrected chi connectivity index (χ2v) is 9.07. The van der Waals surface area contributed by atoms with E-state index in [4.69, 9.17) is 9.15 Å². The average molecular weight is 464 g/mol. The van der Waals surface area contributed by atoms with Crippen LogP contribution >= 0.6 is 0 Å². The van der Waals surface area contributed by atoms with Crippen LogP contribution in [0.2, 0.25) is 0 Å². The molecule has 0 bridgehead atoms. The van der Waals surface area contributed by atoms with Crippen LogP contribution in [0.25, 0.3) is 0 Å². The topological polar surface area (TPSA) is 135 Å². The molecule has 0 aliphatic carbocycles. The van der Waals surface area contributed by atoms with Crippen molar-refractivity contribution in [3.8, 4) is 0 Å². The summed E-state index contributed by atoms with van der Waals surface area (Å²) < 4.78 is 37.6. The van der Waals surface area contributed by atoms with E-state index in [0.29, 0.717) is 24.3 Å². The molecule has 1 atom stereocenters. The highest BCUT2D eigenvalue weighted by atomic mass is 32.2. The first-order valence-corrected chi connectivity index (χ1v) is 11.6. The van der Waals surface area contributed by atoms with Crippen molar-refractivity contribution in [2.24, 2.45) is 0 Å². The molecule has 1 aliphatic rings. The van der Waals surface area contributed by atoms with Gasteiger partial charge in [-0.25, -0.2) is 13.2 Å². The van der Waals surface area contributed by atoms with Crippen LogP contribution in [-0.4, -0.2) is 49.7 Å². The van der Waals surface area contributed by atoms with Crippen molar-refractivity contribution >= 4 is 33.5 Å². The normalized spacial score (nSPS) is 16.5. The fraction of sp³-hybridized carbons (Fsp3) is 0.381. The highest BCUT2D eigenvalue weighted by molar-refractivity contribution is 7.89. The van der Waals surface area contributed by atoms with E-state index in [1.807, 2.05) is 0 Å². The zero-order chi connectivity index (χ0) is 23.3. The largest absolute Gasteiger partial charge is 0.460 e. The van der Waals surface area contributed by atoms with Crippen LogP contribution in [-0.2, 0) is 30.9 Å². The number of ether oxygens (including phenoxy) is 1. The first-order chi connectivity index (χ1) is 15.2. The number of hydrogen-bond acceptors (Lipinski definition) is 7. The predicted molar refractivity (Wildman–Crippen MR) is 114 cm³/mol. The van der Waals surface area contributed by atoms with Crippen LogP contribution in [0, 0.1) is 0 Å². The standard InChI is InChI=1S/C21H25N3O7S/c1-3-30-21(27)19-11-8-16(31-19)13-22-20(26)18-5-4-12-24(18)32(28,29)17-9-6-15(7-10-17)23-14(2)25/h6-11,18H,3-5,12-13H2,1-2H3,(H,22,26)(H,23,25)/t18-/m1/s1. The molecule has 2 N–H and O–H groups in total. The smallest absolute Gasteiger partial charge is 0.374 e. The molecule has 1 aromatic carbocycles. The molecule has 0 unspecified atom stereocenters. The van der Waals surface area contributed by atoms with Gasteiger partial charge in [-0.2, -0.15) is 4.31 Å². The van der Waals surface area contributed by atoms with E-state index >= 15 is 0 Å². The molecule has 2 amide bonds. The van der Waals surface area contributed by atoms with Gasteiger partial charge in [-0.1, -0.05) is 0 Å². The fourth-order valence-corrected chi connectivity index (χ4v) is 5.07. The number of esters is 1. The maximum atomic E-state index is 13.1. The number of amides is 2. The number of anilines is 1. The molecule has 2 aromatic rings. The Bertz CT molecular complexity index is 1090. The monoisotopic (exact) mass is 463 g/mol. The molecule has 1 aliphatic heterocycles. The Labute approximate surface area is 186 Å². The molecule has 32 heavy (non-hydrogen) atoms. The summed E-state index contributed by atoms with van der Waals surface area (Å²) in [4.78, 5) is 35.6. The molecule has 11 heteroatoms. The SMILES string of the molecule is CCOC(=O)c1ccc(CNC(=O)[C@H]2CCCN2S(=O)(=O)c2ccc(NC(C)=O)cc2)o1. The molecule has 0 saturated carbocycles. The number of furan rings is 1. The summed E-state index contributed by atoms with van der Waals surface area (Å²) in [5.74, 6) is -0.924. The number of benzene rings is 1. The first kappa shape index (κ1) is 23.5. The van der Waals surface area contributed by atoms with Gasteiger partial charge in [0.05, 0.1) is 18.0 Å². The van der Waals surface area contributed by atoms with Gasteiger partial charge >= 0.3 is 5.97 Å². The molecule has 172 valence electrons. The van der Waals surface area contributed by atoms with Gasteiger partial charge in [-0.3, -0.25) is 9.59 Å². The second-order valence-electron chi connectivity index (χ2n) is 7.18. The third-order valence-electron chi connectivity index (χ3n) is 4.86. The zero-order valence-electron chi connectivity index (χ0n) is 17.8. The lowest BCUT2D eigenvalue weighted by molar-refractivity contribution is -0.124. The maximum Gasteiger partial charge on any atom is 0.374 e. The summed E-state index contributed by atoms with van der Waals surface area (Å²) in [6, 6.07) is 7.94. The van der Waals surface area contributed by atoms with Gasteiger partial charge in [0.1, 0.15) is 11.8 Å². The Morgan fingerprint density at radius 1 is 1.16 bits per heavy atom. The highest BCUT2D eigenvalue weighted by Crippen LogP contribution is 2.27. The number of carbonyl (C=O) groups excluding carboxylic acids is 3. The van der Waals surface area contributed by atoms with E-state index in [0.717, 1.165) is 0 Å². The molecule has 0 radical (unpaired) electrons. The minimum Gasteiger partial charge on any atom is -0.460 e. The minimum absolute atomic E-state index is 0.00797. The number of nitrogens with one attached hydrogen (secondary N) is 2. The Morgan fingerprint density at radius 2 is 1.88 bits per heavy atom. The Morgan fingerprint density at radius 3 is 2.53 bits per heavy atom. The van der Waals surface area contributed by atoms with Gasteiger partial charge in [-0.05, 0) is 56.2 Å². The van der Waals surface area contributed by atoms with Crippen molar-refractivity contribution < 1.29 is 32.0 Å². The zero-order valence-corrected chi connectivity index (χ0v) is 18.6. The number of nitrogens with zero attached hydrogens (tertiary/aromatic N) is 1. The van der Waals surface area contributed by atoms with Crippen molar-refractivity contribution in [2.75, 3.05) is 18.5 Å². The van der Waals surface area contributed by atoms with Crippen LogP contribution in [0.3, 0.4) is 0 Å². The van der Waals surface area contributed by atoms with Gasteiger partial charge in [0.15, 0.2) is 0 Å². The highest BCUT2D eigenvalue weighted by Gasteiger charge is 2.39. The summed E-state index contributed by atoms with van der Waals surface area (Å²) in [6.45, 7) is 3.49.